The summed E-state index contributed by atoms with van der Waals surface area (Å²) in [5, 5.41) is 1.11. The summed E-state index contributed by atoms with van der Waals surface area (Å²) in [7, 11) is 1.80. The molecule has 1 saturated heterocycles. The van der Waals surface area contributed by atoms with Crippen LogP contribution in [-0.2, 0) is 7.05 Å². The van der Waals surface area contributed by atoms with Crippen molar-refractivity contribution in [3.05, 3.63) is 40.7 Å². The Morgan fingerprint density at radius 3 is 2.71 bits per heavy atom. The highest BCUT2D eigenvalue weighted by Crippen LogP contribution is 2.27. The minimum absolute atomic E-state index is 0.0270. The van der Waals surface area contributed by atoms with Crippen molar-refractivity contribution in [2.24, 2.45) is 12.8 Å². The third-order valence-corrected chi connectivity index (χ3v) is 3.38. The Balaban J connectivity index is 2.24. The molecule has 0 saturated carbocycles. The zero-order chi connectivity index (χ0) is 12.0. The molecule has 1 aliphatic heterocycles. The number of aromatic nitrogens is 1. The summed E-state index contributed by atoms with van der Waals surface area (Å²) in [5.74, 6) is 0. The number of pyridine rings is 1. The monoisotopic (exact) mass is 229 g/mol. The van der Waals surface area contributed by atoms with Gasteiger partial charge in [-0.25, -0.2) is 0 Å². The highest BCUT2D eigenvalue weighted by Gasteiger charge is 2.25. The molecule has 1 fully saturated rings. The average Bonchev–Trinajstić information content (AvgIpc) is 2.30. The Labute approximate surface area is 99.3 Å². The summed E-state index contributed by atoms with van der Waals surface area (Å²) in [5.41, 5.74) is 7.79. The number of hydrogen-bond acceptors (Lipinski definition) is 3. The van der Waals surface area contributed by atoms with Crippen LogP contribution in [0.1, 0.15) is 0 Å². The first-order chi connectivity index (χ1) is 8.16. The quantitative estimate of drug-likeness (QED) is 0.782. The van der Waals surface area contributed by atoms with E-state index >= 15 is 0 Å². The molecule has 88 valence electrons. The largest absolute Gasteiger partial charge is 0.368 e. The third-order valence-electron chi connectivity index (χ3n) is 3.38. The Morgan fingerprint density at radius 2 is 2.00 bits per heavy atom. The van der Waals surface area contributed by atoms with Gasteiger partial charge >= 0.3 is 0 Å². The van der Waals surface area contributed by atoms with Gasteiger partial charge in [0.05, 0.1) is 11.2 Å². The van der Waals surface area contributed by atoms with Crippen LogP contribution in [0.4, 0.5) is 5.69 Å². The molecule has 0 unspecified atom stereocenters. The minimum Gasteiger partial charge on any atom is -0.368 e. The van der Waals surface area contributed by atoms with Crippen LogP contribution in [-0.4, -0.2) is 23.7 Å². The highest BCUT2D eigenvalue weighted by molar-refractivity contribution is 5.92. The van der Waals surface area contributed by atoms with Crippen LogP contribution >= 0.6 is 0 Å². The van der Waals surface area contributed by atoms with E-state index in [9.17, 15) is 4.79 Å². The van der Waals surface area contributed by atoms with Crippen molar-refractivity contribution in [2.75, 3.05) is 18.0 Å². The van der Waals surface area contributed by atoms with Gasteiger partial charge in [0.25, 0.3) is 5.56 Å². The molecule has 0 radical (unpaired) electrons. The zero-order valence-corrected chi connectivity index (χ0v) is 9.76. The first kappa shape index (κ1) is 10.4. The molecule has 0 spiro atoms. The van der Waals surface area contributed by atoms with Crippen molar-refractivity contribution in [1.29, 1.82) is 0 Å². The third kappa shape index (κ3) is 1.52. The number of para-hydroxylation sites is 1. The van der Waals surface area contributed by atoms with Gasteiger partial charge in [0, 0.05) is 37.6 Å². The summed E-state index contributed by atoms with van der Waals surface area (Å²) in [6, 6.07) is 9.91. The van der Waals surface area contributed by atoms with Gasteiger partial charge in [-0.05, 0) is 6.07 Å². The molecule has 1 aliphatic rings. The maximum Gasteiger partial charge on any atom is 0.252 e. The number of hydrogen-bond donors (Lipinski definition) is 1. The summed E-state index contributed by atoms with van der Waals surface area (Å²) in [6.07, 6.45) is 0. The van der Waals surface area contributed by atoms with E-state index in [0.717, 1.165) is 29.7 Å². The van der Waals surface area contributed by atoms with Crippen LogP contribution in [0.5, 0.6) is 0 Å². The van der Waals surface area contributed by atoms with Crippen LogP contribution in [0.2, 0.25) is 0 Å². The van der Waals surface area contributed by atoms with Crippen molar-refractivity contribution in [3.63, 3.8) is 0 Å². The molecule has 2 heterocycles. The number of rotatable bonds is 1. The number of benzene rings is 1. The first-order valence-electron chi connectivity index (χ1n) is 5.76. The lowest BCUT2D eigenvalue weighted by atomic mass is 10.1. The summed E-state index contributed by atoms with van der Waals surface area (Å²) < 4.78 is 1.68. The molecule has 17 heavy (non-hydrogen) atoms. The maximum atomic E-state index is 11.9. The summed E-state index contributed by atoms with van der Waals surface area (Å²) >= 11 is 0. The standard InChI is InChI=1S/C13H15N3O/c1-15-11-5-3-2-4-10(11)12(6-13(15)17)16-7-9(14)8-16/h2-6,9H,7-8,14H2,1H3. The normalized spacial score (nSPS) is 16.2. The second-order valence-corrected chi connectivity index (χ2v) is 4.61. The van der Waals surface area contributed by atoms with Gasteiger partial charge in [0.15, 0.2) is 0 Å². The van der Waals surface area contributed by atoms with Crippen molar-refractivity contribution in [3.8, 4) is 0 Å². The molecule has 0 atom stereocenters. The first-order valence-corrected chi connectivity index (χ1v) is 5.76. The smallest absolute Gasteiger partial charge is 0.252 e. The van der Waals surface area contributed by atoms with Crippen molar-refractivity contribution < 1.29 is 0 Å². The molecule has 0 amide bonds. The lowest BCUT2D eigenvalue weighted by Crippen LogP contribution is -2.56. The predicted molar refractivity (Wildman–Crippen MR) is 69.4 cm³/mol. The topological polar surface area (TPSA) is 51.3 Å². The molecular formula is C13H15N3O. The fourth-order valence-corrected chi connectivity index (χ4v) is 2.36. The van der Waals surface area contributed by atoms with Crippen LogP contribution in [0.25, 0.3) is 10.9 Å². The molecule has 1 aromatic heterocycles. The Kier molecular flexibility index (Phi) is 2.19. The highest BCUT2D eigenvalue weighted by atomic mass is 16.1. The number of aryl methyl sites for hydroxylation is 1. The minimum atomic E-state index is 0.0270. The van der Waals surface area contributed by atoms with Gasteiger partial charge in [-0.3, -0.25) is 4.79 Å². The number of anilines is 1. The SMILES string of the molecule is Cn1c(=O)cc(N2CC(N)C2)c2ccccc21. The van der Waals surface area contributed by atoms with Crippen molar-refractivity contribution >= 4 is 16.6 Å². The zero-order valence-electron chi connectivity index (χ0n) is 9.76. The summed E-state index contributed by atoms with van der Waals surface area (Å²) in [6.45, 7) is 1.66. The van der Waals surface area contributed by atoms with E-state index in [1.54, 1.807) is 17.7 Å². The molecule has 2 N–H and O–H groups in total. The van der Waals surface area contributed by atoms with E-state index < -0.39 is 0 Å². The molecule has 3 rings (SSSR count). The van der Waals surface area contributed by atoms with Crippen molar-refractivity contribution in [1.82, 2.24) is 4.57 Å². The molecule has 0 aliphatic carbocycles. The van der Waals surface area contributed by atoms with E-state index in [2.05, 4.69) is 4.90 Å². The van der Waals surface area contributed by atoms with E-state index in [4.69, 9.17) is 5.73 Å². The lowest BCUT2D eigenvalue weighted by molar-refractivity contribution is 0.520. The Hall–Kier alpha value is -1.81. The fraction of sp³-hybridized carbons (Fsp3) is 0.308. The summed E-state index contributed by atoms with van der Waals surface area (Å²) in [4.78, 5) is 14.0. The van der Waals surface area contributed by atoms with E-state index in [1.807, 2.05) is 24.3 Å². The Morgan fingerprint density at radius 1 is 1.29 bits per heavy atom. The molecule has 4 nitrogen and oxygen atoms in total. The van der Waals surface area contributed by atoms with Gasteiger partial charge in [-0.2, -0.15) is 0 Å². The van der Waals surface area contributed by atoms with Crippen LogP contribution in [0, 0.1) is 0 Å². The number of nitrogens with zero attached hydrogens (tertiary/aromatic N) is 2. The molecule has 0 bridgehead atoms. The molecular weight excluding hydrogens is 214 g/mol. The van der Waals surface area contributed by atoms with E-state index in [0.29, 0.717) is 0 Å². The van der Waals surface area contributed by atoms with Gasteiger partial charge in [0.1, 0.15) is 0 Å². The fourth-order valence-electron chi connectivity index (χ4n) is 2.36. The van der Waals surface area contributed by atoms with Gasteiger partial charge in [-0.15, -0.1) is 0 Å². The lowest BCUT2D eigenvalue weighted by Gasteiger charge is -2.39. The van der Waals surface area contributed by atoms with Gasteiger partial charge in [0.2, 0.25) is 0 Å². The average molecular weight is 229 g/mol. The maximum absolute atomic E-state index is 11.9. The number of fused-ring (bicyclic) bond motifs is 1. The Bertz CT molecular complexity index is 626. The molecule has 2 aromatic rings. The number of nitrogens with two attached hydrogens (primary N) is 1. The van der Waals surface area contributed by atoms with E-state index in [-0.39, 0.29) is 11.6 Å². The molecule has 1 aromatic carbocycles. The second-order valence-electron chi connectivity index (χ2n) is 4.61. The van der Waals surface area contributed by atoms with Gasteiger partial charge in [-0.1, -0.05) is 18.2 Å². The molecule has 4 heteroatoms. The van der Waals surface area contributed by atoms with Crippen LogP contribution in [0.3, 0.4) is 0 Å². The van der Waals surface area contributed by atoms with Crippen molar-refractivity contribution in [2.45, 2.75) is 6.04 Å². The van der Waals surface area contributed by atoms with E-state index in [1.165, 1.54) is 0 Å². The predicted octanol–water partition coefficient (Wildman–Crippen LogP) is 0.686. The van der Waals surface area contributed by atoms with Crippen LogP contribution < -0.4 is 16.2 Å². The van der Waals surface area contributed by atoms with Crippen LogP contribution in [0.15, 0.2) is 35.1 Å². The van der Waals surface area contributed by atoms with Gasteiger partial charge < -0.3 is 15.2 Å². The second kappa shape index (κ2) is 3.60.